The van der Waals surface area contributed by atoms with Crippen molar-refractivity contribution in [3.8, 4) is 17.7 Å². The summed E-state index contributed by atoms with van der Waals surface area (Å²) >= 11 is 5.91. The average Bonchev–Trinajstić information content (AvgIpc) is 2.85. The molecule has 2 N–H and O–H groups in total. The minimum atomic E-state index is -0.537. The number of ether oxygens (including phenoxy) is 1. The average molecular weight is 479 g/mol. The van der Waals surface area contributed by atoms with Gasteiger partial charge in [-0.1, -0.05) is 23.7 Å². The van der Waals surface area contributed by atoms with Crippen LogP contribution in [-0.2, 0) is 6.54 Å². The van der Waals surface area contributed by atoms with Gasteiger partial charge in [0.1, 0.15) is 11.8 Å². The third kappa shape index (κ3) is 6.98. The largest absolute Gasteiger partial charge is 0.438 e. The number of nitriles is 1. The second-order valence-corrected chi connectivity index (χ2v) is 7.07. The lowest BCUT2D eigenvalue weighted by molar-refractivity contribution is 0.244. The first kappa shape index (κ1) is 24.1. The van der Waals surface area contributed by atoms with Crippen molar-refractivity contribution in [2.24, 2.45) is 10.3 Å². The maximum atomic E-state index is 12.1. The highest BCUT2D eigenvalue weighted by molar-refractivity contribution is 6.30. The molecule has 2 aromatic carbocycles. The molecule has 0 radical (unpaired) electrons. The minimum absolute atomic E-state index is 0.0600. The number of nitrogens with one attached hydrogen (secondary N) is 2. The van der Waals surface area contributed by atoms with E-state index in [4.69, 9.17) is 21.6 Å². The molecule has 0 unspecified atom stereocenters. The van der Waals surface area contributed by atoms with E-state index in [2.05, 4.69) is 30.9 Å². The predicted molar refractivity (Wildman–Crippen MR) is 125 cm³/mol. The molecule has 0 aliphatic heterocycles. The quantitative estimate of drug-likeness (QED) is 0.223. The zero-order chi connectivity index (χ0) is 24.3. The van der Waals surface area contributed by atoms with E-state index in [1.165, 1.54) is 12.4 Å². The molecule has 0 saturated carbocycles. The first-order valence-electron chi connectivity index (χ1n) is 9.99. The van der Waals surface area contributed by atoms with Crippen molar-refractivity contribution >= 4 is 29.3 Å². The molecule has 0 bridgehead atoms. The second kappa shape index (κ2) is 11.9. The predicted octanol–water partition coefficient (Wildman–Crippen LogP) is 4.28. The van der Waals surface area contributed by atoms with Crippen LogP contribution in [0.4, 0.5) is 10.5 Å². The van der Waals surface area contributed by atoms with E-state index >= 15 is 0 Å². The summed E-state index contributed by atoms with van der Waals surface area (Å²) in [6.45, 7) is 2.20. The number of halogens is 1. The van der Waals surface area contributed by atoms with Crippen LogP contribution in [0.1, 0.15) is 18.2 Å². The summed E-state index contributed by atoms with van der Waals surface area (Å²) in [5.74, 6) is 0.596. The number of nitroso groups, excluding NO2 is 1. The van der Waals surface area contributed by atoms with Gasteiger partial charge in [-0.3, -0.25) is 5.32 Å². The number of carbonyl (C=O) groups excluding carboxylic acids is 1. The van der Waals surface area contributed by atoms with Gasteiger partial charge in [0, 0.05) is 11.6 Å². The summed E-state index contributed by atoms with van der Waals surface area (Å²) < 4.78 is 5.59. The summed E-state index contributed by atoms with van der Waals surface area (Å²) in [5, 5.41) is 18.5. The van der Waals surface area contributed by atoms with Crippen molar-refractivity contribution < 1.29 is 9.53 Å². The number of hydrogen-bond donors (Lipinski definition) is 2. The van der Waals surface area contributed by atoms with E-state index in [0.717, 1.165) is 10.6 Å². The Morgan fingerprint density at radius 3 is 2.47 bits per heavy atom. The van der Waals surface area contributed by atoms with Crippen LogP contribution in [0, 0.1) is 16.2 Å². The molecule has 34 heavy (non-hydrogen) atoms. The number of hydrogen-bond acceptors (Lipinski definition) is 8. The Morgan fingerprint density at radius 2 is 1.88 bits per heavy atom. The molecular weight excluding hydrogens is 460 g/mol. The van der Waals surface area contributed by atoms with Crippen LogP contribution < -0.4 is 15.4 Å². The van der Waals surface area contributed by atoms with Crippen molar-refractivity contribution in [2.75, 3.05) is 6.54 Å². The number of guanidine groups is 1. The van der Waals surface area contributed by atoms with Crippen molar-refractivity contribution in [1.29, 1.82) is 5.26 Å². The van der Waals surface area contributed by atoms with Crippen molar-refractivity contribution in [1.82, 2.24) is 25.6 Å². The number of carbonyl (C=O) groups is 1. The Labute approximate surface area is 200 Å². The Morgan fingerprint density at radius 1 is 1.15 bits per heavy atom. The molecule has 3 rings (SSSR count). The SMILES string of the molecule is CCNC(=O)NC(=Nc1ccc(Oc2cnc(C#N)cn2)cc1)N(Cc1ccc(Cl)cc1)N=O. The number of amides is 2. The van der Waals surface area contributed by atoms with Crippen molar-refractivity contribution in [2.45, 2.75) is 13.5 Å². The van der Waals surface area contributed by atoms with E-state index in [9.17, 15) is 9.70 Å². The second-order valence-electron chi connectivity index (χ2n) is 6.63. The van der Waals surface area contributed by atoms with Gasteiger partial charge in [0.25, 0.3) is 0 Å². The van der Waals surface area contributed by atoms with Gasteiger partial charge < -0.3 is 10.1 Å². The summed E-state index contributed by atoms with van der Waals surface area (Å²) in [7, 11) is 0. The topological polar surface area (TPSA) is 145 Å². The number of aromatic nitrogens is 2. The highest BCUT2D eigenvalue weighted by atomic mass is 35.5. The Balaban J connectivity index is 1.80. The van der Waals surface area contributed by atoms with Gasteiger partial charge >= 0.3 is 6.03 Å². The zero-order valence-electron chi connectivity index (χ0n) is 18.0. The minimum Gasteiger partial charge on any atom is -0.438 e. The molecule has 1 heterocycles. The Bertz CT molecular complexity index is 1190. The molecule has 0 aliphatic carbocycles. The number of urea groups is 1. The summed E-state index contributed by atoms with van der Waals surface area (Å²) in [6.07, 6.45) is 2.64. The molecule has 12 heteroatoms. The highest BCUT2D eigenvalue weighted by Gasteiger charge is 2.16. The number of rotatable bonds is 7. The van der Waals surface area contributed by atoms with Crippen LogP contribution in [0.2, 0.25) is 5.02 Å². The Kier molecular flexibility index (Phi) is 8.42. The fraction of sp³-hybridized carbons (Fsp3) is 0.136. The molecule has 0 aliphatic rings. The van der Waals surface area contributed by atoms with Crippen LogP contribution in [0.5, 0.6) is 11.6 Å². The zero-order valence-corrected chi connectivity index (χ0v) is 18.7. The first-order valence-corrected chi connectivity index (χ1v) is 10.4. The van der Waals surface area contributed by atoms with E-state index < -0.39 is 6.03 Å². The van der Waals surface area contributed by atoms with Gasteiger partial charge in [0.05, 0.1) is 29.9 Å². The standard InChI is InChI=1S/C22H19ClN8O3/c1-2-25-22(32)29-21(31(30-33)14-15-3-5-16(23)6-4-15)28-17-7-9-19(10-8-17)34-20-13-26-18(11-24)12-27-20/h3-10,12-13H,2,14H2,1H3,(H2,25,28,29,32). The van der Waals surface area contributed by atoms with Crippen molar-refractivity contribution in [3.63, 3.8) is 0 Å². The molecule has 3 aromatic rings. The van der Waals surface area contributed by atoms with Crippen LogP contribution in [-0.4, -0.2) is 33.5 Å². The van der Waals surface area contributed by atoms with Gasteiger partial charge in [-0.05, 0) is 48.9 Å². The third-order valence-corrected chi connectivity index (χ3v) is 4.44. The van der Waals surface area contributed by atoms with E-state index in [0.29, 0.717) is 23.0 Å². The highest BCUT2D eigenvalue weighted by Crippen LogP contribution is 2.23. The fourth-order valence-electron chi connectivity index (χ4n) is 2.62. The first-order chi connectivity index (χ1) is 16.5. The van der Waals surface area contributed by atoms with Gasteiger partial charge in [-0.15, -0.1) is 4.91 Å². The molecule has 0 fully saturated rings. The normalized spacial score (nSPS) is 10.7. The van der Waals surface area contributed by atoms with E-state index in [1.807, 2.05) is 6.07 Å². The third-order valence-electron chi connectivity index (χ3n) is 4.19. The van der Waals surface area contributed by atoms with Crippen LogP contribution >= 0.6 is 11.6 Å². The van der Waals surface area contributed by atoms with Gasteiger partial charge in [-0.2, -0.15) is 10.3 Å². The smallest absolute Gasteiger partial charge is 0.321 e. The molecule has 2 amide bonds. The molecule has 172 valence electrons. The number of aliphatic imine (C=N–C) groups is 1. The van der Waals surface area contributed by atoms with Crippen LogP contribution in [0.15, 0.2) is 71.2 Å². The lowest BCUT2D eigenvalue weighted by Gasteiger charge is -2.18. The monoisotopic (exact) mass is 478 g/mol. The van der Waals surface area contributed by atoms with E-state index in [-0.39, 0.29) is 24.1 Å². The van der Waals surface area contributed by atoms with Crippen LogP contribution in [0.3, 0.4) is 0 Å². The van der Waals surface area contributed by atoms with Gasteiger partial charge in [-0.25, -0.2) is 19.8 Å². The number of nitrogens with zero attached hydrogens (tertiary/aromatic N) is 6. The fourth-order valence-corrected chi connectivity index (χ4v) is 2.75. The maximum Gasteiger partial charge on any atom is 0.321 e. The van der Waals surface area contributed by atoms with Crippen LogP contribution in [0.25, 0.3) is 0 Å². The number of benzene rings is 2. The molecule has 11 nitrogen and oxygen atoms in total. The lowest BCUT2D eigenvalue weighted by atomic mass is 10.2. The van der Waals surface area contributed by atoms with Gasteiger partial charge in [0.15, 0.2) is 5.69 Å². The Hall–Kier alpha value is -4.56. The lowest BCUT2D eigenvalue weighted by Crippen LogP contribution is -2.45. The maximum absolute atomic E-state index is 12.1. The van der Waals surface area contributed by atoms with Crippen molar-refractivity contribution in [3.05, 3.63) is 82.1 Å². The molecule has 1 aromatic heterocycles. The molecule has 0 saturated heterocycles. The van der Waals surface area contributed by atoms with E-state index in [1.54, 1.807) is 55.5 Å². The van der Waals surface area contributed by atoms with Gasteiger partial charge in [0.2, 0.25) is 11.8 Å². The summed E-state index contributed by atoms with van der Waals surface area (Å²) in [6, 6.07) is 14.7. The molecule has 0 atom stereocenters. The molecule has 0 spiro atoms. The summed E-state index contributed by atoms with van der Waals surface area (Å²) in [5.41, 5.74) is 1.34. The summed E-state index contributed by atoms with van der Waals surface area (Å²) in [4.78, 5) is 36.0. The molecular formula is C22H19ClN8O3.